The molecule has 2 rings (SSSR count). The van der Waals surface area contributed by atoms with Gasteiger partial charge in [-0.3, -0.25) is 4.79 Å². The van der Waals surface area contributed by atoms with Crippen LogP contribution >= 0.6 is 0 Å². The van der Waals surface area contributed by atoms with Crippen molar-refractivity contribution in [2.45, 2.75) is 38.7 Å². The van der Waals surface area contributed by atoms with Gasteiger partial charge in [0.1, 0.15) is 0 Å². The Morgan fingerprint density at radius 2 is 2.05 bits per heavy atom. The maximum absolute atomic E-state index is 11.9. The quantitative estimate of drug-likeness (QED) is 0.847. The van der Waals surface area contributed by atoms with Crippen LogP contribution in [0.25, 0.3) is 0 Å². The molecule has 1 aliphatic rings. The standard InChI is InChI=1S/C17H22N2O2/c1-13-4-2-3-5-16(13)21-11-10-19-17(20)15-8-6-14(12-18)7-9-15/h6-9,13,16H,2-5,10-11H2,1H3,(H,19,20). The molecule has 0 aromatic heterocycles. The Morgan fingerprint density at radius 3 is 2.71 bits per heavy atom. The summed E-state index contributed by atoms with van der Waals surface area (Å²) in [7, 11) is 0. The van der Waals surface area contributed by atoms with Gasteiger partial charge in [0.2, 0.25) is 0 Å². The van der Waals surface area contributed by atoms with Crippen LogP contribution < -0.4 is 5.32 Å². The van der Waals surface area contributed by atoms with E-state index in [4.69, 9.17) is 10.00 Å². The van der Waals surface area contributed by atoms with E-state index in [1.54, 1.807) is 24.3 Å². The van der Waals surface area contributed by atoms with Gasteiger partial charge in [0.25, 0.3) is 5.91 Å². The number of benzene rings is 1. The smallest absolute Gasteiger partial charge is 0.251 e. The van der Waals surface area contributed by atoms with E-state index in [9.17, 15) is 4.79 Å². The second-order valence-electron chi connectivity index (χ2n) is 5.62. The zero-order valence-corrected chi connectivity index (χ0v) is 12.5. The number of hydrogen-bond donors (Lipinski definition) is 1. The molecule has 1 aliphatic carbocycles. The van der Waals surface area contributed by atoms with Crippen molar-refractivity contribution in [1.29, 1.82) is 5.26 Å². The lowest BCUT2D eigenvalue weighted by Crippen LogP contribution is -2.31. The fourth-order valence-corrected chi connectivity index (χ4v) is 2.70. The number of hydrogen-bond acceptors (Lipinski definition) is 3. The molecule has 2 atom stereocenters. The maximum atomic E-state index is 11.9. The van der Waals surface area contributed by atoms with Crippen LogP contribution in [0, 0.1) is 17.2 Å². The summed E-state index contributed by atoms with van der Waals surface area (Å²) in [6.07, 6.45) is 5.25. The third-order valence-corrected chi connectivity index (χ3v) is 4.03. The first-order valence-electron chi connectivity index (χ1n) is 7.60. The van der Waals surface area contributed by atoms with Gasteiger partial charge < -0.3 is 10.1 Å². The van der Waals surface area contributed by atoms with Crippen LogP contribution in [0.4, 0.5) is 0 Å². The van der Waals surface area contributed by atoms with Gasteiger partial charge in [-0.2, -0.15) is 5.26 Å². The highest BCUT2D eigenvalue weighted by Gasteiger charge is 2.21. The fraction of sp³-hybridized carbons (Fsp3) is 0.529. The number of nitrogens with one attached hydrogen (secondary N) is 1. The minimum absolute atomic E-state index is 0.125. The Morgan fingerprint density at radius 1 is 1.33 bits per heavy atom. The molecule has 0 bridgehead atoms. The highest BCUT2D eigenvalue weighted by atomic mass is 16.5. The summed E-state index contributed by atoms with van der Waals surface area (Å²) in [4.78, 5) is 11.9. The molecule has 4 heteroatoms. The van der Waals surface area contributed by atoms with E-state index < -0.39 is 0 Å². The van der Waals surface area contributed by atoms with E-state index in [1.807, 2.05) is 6.07 Å². The monoisotopic (exact) mass is 286 g/mol. The molecular formula is C17H22N2O2. The third-order valence-electron chi connectivity index (χ3n) is 4.03. The maximum Gasteiger partial charge on any atom is 0.251 e. The molecule has 0 radical (unpaired) electrons. The van der Waals surface area contributed by atoms with Crippen molar-refractivity contribution in [3.8, 4) is 6.07 Å². The molecular weight excluding hydrogens is 264 g/mol. The van der Waals surface area contributed by atoms with Gasteiger partial charge >= 0.3 is 0 Å². The van der Waals surface area contributed by atoms with Crippen LogP contribution in [0.2, 0.25) is 0 Å². The number of ether oxygens (including phenoxy) is 1. The first kappa shape index (κ1) is 15.5. The normalized spacial score (nSPS) is 21.5. The Labute approximate surface area is 126 Å². The molecule has 4 nitrogen and oxygen atoms in total. The molecule has 1 saturated carbocycles. The molecule has 21 heavy (non-hydrogen) atoms. The van der Waals surface area contributed by atoms with Crippen LogP contribution in [-0.2, 0) is 4.74 Å². The van der Waals surface area contributed by atoms with Crippen molar-refractivity contribution in [2.24, 2.45) is 5.92 Å². The van der Waals surface area contributed by atoms with E-state index >= 15 is 0 Å². The summed E-state index contributed by atoms with van der Waals surface area (Å²) in [5.41, 5.74) is 1.13. The number of rotatable bonds is 5. The lowest BCUT2D eigenvalue weighted by atomic mass is 9.88. The Kier molecular flexibility index (Phi) is 5.77. The highest BCUT2D eigenvalue weighted by molar-refractivity contribution is 5.94. The molecule has 1 amide bonds. The van der Waals surface area contributed by atoms with Crippen molar-refractivity contribution in [2.75, 3.05) is 13.2 Å². The van der Waals surface area contributed by atoms with Gasteiger partial charge in [-0.15, -0.1) is 0 Å². The van der Waals surface area contributed by atoms with Crippen LogP contribution in [0.5, 0.6) is 0 Å². The largest absolute Gasteiger partial charge is 0.376 e. The average molecular weight is 286 g/mol. The molecule has 1 N–H and O–H groups in total. The van der Waals surface area contributed by atoms with Crippen LogP contribution in [0.15, 0.2) is 24.3 Å². The predicted octanol–water partition coefficient (Wildman–Crippen LogP) is 2.88. The Bertz CT molecular complexity index is 505. The van der Waals surface area contributed by atoms with Crippen LogP contribution in [0.3, 0.4) is 0 Å². The molecule has 1 aromatic carbocycles. The van der Waals surface area contributed by atoms with Gasteiger partial charge in [-0.25, -0.2) is 0 Å². The summed E-state index contributed by atoms with van der Waals surface area (Å²) in [5, 5.41) is 11.6. The van der Waals surface area contributed by atoms with Gasteiger partial charge in [0.15, 0.2) is 0 Å². The predicted molar refractivity (Wildman–Crippen MR) is 80.9 cm³/mol. The van der Waals surface area contributed by atoms with Gasteiger partial charge in [0, 0.05) is 12.1 Å². The number of nitriles is 1. The molecule has 0 heterocycles. The van der Waals surface area contributed by atoms with Gasteiger partial charge in [0.05, 0.1) is 24.3 Å². The van der Waals surface area contributed by atoms with Gasteiger partial charge in [-0.05, 0) is 43.0 Å². The van der Waals surface area contributed by atoms with Crippen molar-refractivity contribution in [1.82, 2.24) is 5.32 Å². The second kappa shape index (κ2) is 7.80. The molecule has 1 aromatic rings. The summed E-state index contributed by atoms with van der Waals surface area (Å²) in [5.74, 6) is 0.493. The molecule has 0 saturated heterocycles. The minimum atomic E-state index is -0.125. The lowest BCUT2D eigenvalue weighted by Gasteiger charge is -2.28. The summed E-state index contributed by atoms with van der Waals surface area (Å²) in [6, 6.07) is 8.66. The van der Waals surface area contributed by atoms with Crippen LogP contribution in [0.1, 0.15) is 48.5 Å². The SMILES string of the molecule is CC1CCCCC1OCCNC(=O)c1ccc(C#N)cc1. The zero-order valence-electron chi connectivity index (χ0n) is 12.5. The molecule has 0 spiro atoms. The summed E-state index contributed by atoms with van der Waals surface area (Å²) in [6.45, 7) is 3.30. The number of nitrogens with zero attached hydrogens (tertiary/aromatic N) is 1. The van der Waals surface area contributed by atoms with E-state index in [0.717, 1.165) is 6.42 Å². The number of carbonyl (C=O) groups is 1. The summed E-state index contributed by atoms with van der Waals surface area (Å²) >= 11 is 0. The lowest BCUT2D eigenvalue weighted by molar-refractivity contribution is -0.00293. The molecule has 0 aliphatic heterocycles. The number of carbonyl (C=O) groups excluding carboxylic acids is 1. The van der Waals surface area contributed by atoms with Crippen LogP contribution in [-0.4, -0.2) is 25.2 Å². The second-order valence-corrected chi connectivity index (χ2v) is 5.62. The first-order chi connectivity index (χ1) is 10.2. The van der Waals surface area contributed by atoms with Crippen molar-refractivity contribution >= 4 is 5.91 Å². The average Bonchev–Trinajstić information content (AvgIpc) is 2.53. The van der Waals surface area contributed by atoms with Gasteiger partial charge in [-0.1, -0.05) is 19.8 Å². The number of amides is 1. The van der Waals surface area contributed by atoms with Crippen molar-refractivity contribution in [3.05, 3.63) is 35.4 Å². The minimum Gasteiger partial charge on any atom is -0.376 e. The summed E-state index contributed by atoms with van der Waals surface area (Å²) < 4.78 is 5.86. The topological polar surface area (TPSA) is 62.1 Å². The third kappa shape index (κ3) is 4.57. The molecule has 1 fully saturated rings. The van der Waals surface area contributed by atoms with Crippen molar-refractivity contribution < 1.29 is 9.53 Å². The van der Waals surface area contributed by atoms with E-state index in [1.165, 1.54) is 19.3 Å². The van der Waals surface area contributed by atoms with E-state index in [2.05, 4.69) is 12.2 Å². The first-order valence-corrected chi connectivity index (χ1v) is 7.60. The van der Waals surface area contributed by atoms with Crippen molar-refractivity contribution in [3.63, 3.8) is 0 Å². The van der Waals surface area contributed by atoms with E-state index in [0.29, 0.717) is 36.3 Å². The molecule has 112 valence electrons. The Hall–Kier alpha value is -1.86. The van der Waals surface area contributed by atoms with E-state index in [-0.39, 0.29) is 5.91 Å². The fourth-order valence-electron chi connectivity index (χ4n) is 2.70. The zero-order chi connectivity index (χ0) is 15.1. The Balaban J connectivity index is 1.70. The highest BCUT2D eigenvalue weighted by Crippen LogP contribution is 2.25. The molecule has 2 unspecified atom stereocenters.